The first-order valence-corrected chi connectivity index (χ1v) is 3.22. The predicted octanol–water partition coefficient (Wildman–Crippen LogP) is -0.857. The van der Waals surface area contributed by atoms with Crippen molar-refractivity contribution in [3.05, 3.63) is 0 Å². The number of nitrogens with two attached hydrogens (primary N) is 2. The van der Waals surface area contributed by atoms with Crippen LogP contribution in [0.25, 0.3) is 0 Å². The summed E-state index contributed by atoms with van der Waals surface area (Å²) in [5, 5.41) is 0. The van der Waals surface area contributed by atoms with Crippen LogP contribution < -0.4 is 11.6 Å². The minimum Gasteiger partial charge on any atom is -0.330 e. The summed E-state index contributed by atoms with van der Waals surface area (Å²) < 4.78 is 8.51. The Morgan fingerprint density at radius 1 is 1.67 bits per heavy atom. The second-order valence-electron chi connectivity index (χ2n) is 1.10. The van der Waals surface area contributed by atoms with Crippen LogP contribution in [0.3, 0.4) is 0 Å². The van der Waals surface area contributed by atoms with Crippen LogP contribution in [0, 0.1) is 0 Å². The maximum Gasteiger partial charge on any atom is 0.491 e. The van der Waals surface area contributed by atoms with Crippen LogP contribution in [0.4, 0.5) is 0 Å². The van der Waals surface area contributed by atoms with E-state index in [0.29, 0.717) is 13.2 Å². The summed E-state index contributed by atoms with van der Waals surface area (Å²) in [7, 11) is -1.17. The fraction of sp³-hybridized carbons (Fsp3) is 1.00. The van der Waals surface area contributed by atoms with E-state index < -0.39 is 8.69 Å². The van der Waals surface area contributed by atoms with E-state index in [9.17, 15) is 0 Å². The van der Waals surface area contributed by atoms with Crippen molar-refractivity contribution in [3.8, 4) is 0 Å². The fourth-order valence-electron chi connectivity index (χ4n) is 0.167. The van der Waals surface area contributed by atoms with Gasteiger partial charge in [-0.1, -0.05) is 0 Å². The Morgan fingerprint density at radius 2 is 2.11 bits per heavy atom. The smallest absolute Gasteiger partial charge is 0.330 e. The molecule has 9 heavy (non-hydrogen) atoms. The summed E-state index contributed by atoms with van der Waals surface area (Å²) in [5.41, 5.74) is 5.08. The Kier molecular flexibility index (Phi) is 20.4. The van der Waals surface area contributed by atoms with Crippen LogP contribution >= 0.6 is 8.69 Å². The zero-order valence-electron chi connectivity index (χ0n) is 5.04. The quantitative estimate of drug-likeness (QED) is 0.280. The summed E-state index contributed by atoms with van der Waals surface area (Å²) in [6.07, 6.45) is 0.844. The lowest BCUT2D eigenvalue weighted by molar-refractivity contribution is 0.137. The third kappa shape index (κ3) is 32.4. The van der Waals surface area contributed by atoms with Crippen LogP contribution in [0.1, 0.15) is 6.42 Å². The van der Waals surface area contributed by atoms with E-state index in [-0.39, 0.29) is 0 Å². The van der Waals surface area contributed by atoms with Crippen LogP contribution in [0.2, 0.25) is 0 Å². The van der Waals surface area contributed by atoms with Gasteiger partial charge in [0.15, 0.2) is 0 Å². The highest BCUT2D eigenvalue weighted by Crippen LogP contribution is 1.68. The van der Waals surface area contributed by atoms with Crippen molar-refractivity contribution in [2.24, 2.45) is 11.6 Å². The van der Waals surface area contributed by atoms with Crippen LogP contribution in [-0.2, 0) is 9.40 Å². The molecule has 0 aromatic heterocycles. The Balaban J connectivity index is 0. The molecule has 0 bridgehead atoms. The molecule has 1 unspecified atom stereocenters. The van der Waals surface area contributed by atoms with E-state index in [4.69, 9.17) is 15.2 Å². The molecule has 56 valence electrons. The van der Waals surface area contributed by atoms with Gasteiger partial charge in [-0.2, -0.15) is 4.89 Å². The van der Waals surface area contributed by atoms with Gasteiger partial charge in [0.25, 0.3) is 0 Å². The molecule has 5 N–H and O–H groups in total. The Morgan fingerprint density at radius 3 is 2.22 bits per heavy atom. The second-order valence-corrected chi connectivity index (χ2v) is 1.29. The monoisotopic (exact) mass is 155 g/mol. The summed E-state index contributed by atoms with van der Waals surface area (Å²) in [6.45, 7) is 1.22. The van der Waals surface area contributed by atoms with Gasteiger partial charge in [0.2, 0.25) is 0 Å². The van der Waals surface area contributed by atoms with Crippen molar-refractivity contribution in [2.45, 2.75) is 6.42 Å². The molecule has 0 fully saturated rings. The molecule has 0 amide bonds. The van der Waals surface area contributed by atoms with E-state index in [2.05, 4.69) is 10.7 Å². The van der Waals surface area contributed by atoms with E-state index in [0.717, 1.165) is 6.42 Å². The molecule has 1 atom stereocenters. The molecule has 0 spiro atoms. The van der Waals surface area contributed by atoms with E-state index in [1.54, 1.807) is 0 Å². The van der Waals surface area contributed by atoms with Crippen molar-refractivity contribution in [1.82, 2.24) is 0 Å². The van der Waals surface area contributed by atoms with Crippen molar-refractivity contribution >= 4 is 8.69 Å². The highest BCUT2D eigenvalue weighted by molar-refractivity contribution is 7.16. The van der Waals surface area contributed by atoms with Gasteiger partial charge in [0, 0.05) is 0 Å². The van der Waals surface area contributed by atoms with Crippen molar-refractivity contribution in [2.75, 3.05) is 13.2 Å². The normalized spacial score (nSPS) is 8.33. The third-order valence-electron chi connectivity index (χ3n) is 0.466. The molecule has 5 nitrogen and oxygen atoms in total. The average Bonchev–Trinajstić information content (AvgIpc) is 1.86. The van der Waals surface area contributed by atoms with Gasteiger partial charge in [-0.3, -0.25) is 0 Å². The fourth-order valence-corrected chi connectivity index (χ4v) is 0.167. The largest absolute Gasteiger partial charge is 0.491 e. The first kappa shape index (κ1) is 11.7. The zero-order valence-corrected chi connectivity index (χ0v) is 6.04. The SMILES string of the molecule is NCCCON.O=[PH+]O. The molecule has 0 rings (SSSR count). The van der Waals surface area contributed by atoms with Gasteiger partial charge in [-0.25, -0.2) is 5.90 Å². The molecule has 0 aliphatic rings. The molecule has 0 heterocycles. The van der Waals surface area contributed by atoms with Gasteiger partial charge in [0.05, 0.1) is 6.61 Å². The summed E-state index contributed by atoms with van der Waals surface area (Å²) in [5.74, 6) is 4.66. The van der Waals surface area contributed by atoms with E-state index in [1.807, 2.05) is 0 Å². The second kappa shape index (κ2) is 15.7. The first-order valence-electron chi connectivity index (χ1n) is 2.36. The topological polar surface area (TPSA) is 98.6 Å². The maximum absolute atomic E-state index is 8.51. The van der Waals surface area contributed by atoms with E-state index in [1.165, 1.54) is 0 Å². The van der Waals surface area contributed by atoms with Gasteiger partial charge in [0.1, 0.15) is 0 Å². The third-order valence-corrected chi connectivity index (χ3v) is 0.466. The Bertz CT molecular complexity index is 50.3. The van der Waals surface area contributed by atoms with Crippen molar-refractivity contribution in [3.63, 3.8) is 0 Å². The molecule has 0 aromatic carbocycles. The highest BCUT2D eigenvalue weighted by atomic mass is 31.1. The van der Waals surface area contributed by atoms with Gasteiger partial charge in [-0.05, 0) is 17.5 Å². The summed E-state index contributed by atoms with van der Waals surface area (Å²) in [6, 6.07) is 0. The Hall–Kier alpha value is -0.0600. The van der Waals surface area contributed by atoms with E-state index >= 15 is 0 Å². The Labute approximate surface area is 55.2 Å². The highest BCUT2D eigenvalue weighted by Gasteiger charge is 1.75. The lowest BCUT2D eigenvalue weighted by Gasteiger charge is -1.89. The van der Waals surface area contributed by atoms with Crippen LogP contribution in [-0.4, -0.2) is 18.0 Å². The van der Waals surface area contributed by atoms with Crippen molar-refractivity contribution in [1.29, 1.82) is 0 Å². The standard InChI is InChI=1S/C3H10N2O.HO2P/c4-2-1-3-6-5;1-3-2/h1-5H2;3H/p+1. The number of hydrogen-bond donors (Lipinski definition) is 3. The lowest BCUT2D eigenvalue weighted by Crippen LogP contribution is -2.07. The molecule has 0 saturated heterocycles. The minimum atomic E-state index is -1.17. The molecule has 6 heteroatoms. The van der Waals surface area contributed by atoms with Crippen molar-refractivity contribution < 1.29 is 14.3 Å². The molecule has 0 aromatic rings. The molecule has 0 aliphatic heterocycles. The van der Waals surface area contributed by atoms with Gasteiger partial charge < -0.3 is 10.6 Å². The predicted molar refractivity (Wildman–Crippen MR) is 35.0 cm³/mol. The molecule has 0 saturated carbocycles. The number of rotatable bonds is 3. The first-order chi connectivity index (χ1) is 4.33. The van der Waals surface area contributed by atoms with Gasteiger partial charge >= 0.3 is 8.69 Å². The lowest BCUT2D eigenvalue weighted by atomic mass is 10.5. The maximum atomic E-state index is 8.51. The molecular weight excluding hydrogens is 143 g/mol. The molecule has 0 aliphatic carbocycles. The van der Waals surface area contributed by atoms with Gasteiger partial charge in [-0.15, -0.1) is 0 Å². The summed E-state index contributed by atoms with van der Waals surface area (Å²) >= 11 is 0. The average molecular weight is 155 g/mol. The minimum absolute atomic E-state index is 0.566. The number of hydrogen-bond acceptors (Lipinski definition) is 4. The zero-order chi connectivity index (χ0) is 7.54. The van der Waals surface area contributed by atoms with Crippen LogP contribution in [0.15, 0.2) is 0 Å². The molecule has 0 radical (unpaired) electrons. The summed E-state index contributed by atoms with van der Waals surface area (Å²) in [4.78, 5) is 11.2. The van der Waals surface area contributed by atoms with Crippen LogP contribution in [0.5, 0.6) is 0 Å². The molecular formula is C3H12N2O3P+.